The number of nitrogens with two attached hydrogens (primary N) is 1. The van der Waals surface area contributed by atoms with E-state index in [2.05, 4.69) is 6.07 Å². The fraction of sp³-hybridized carbons (Fsp3) is 0.455. The van der Waals surface area contributed by atoms with Gasteiger partial charge in [0.1, 0.15) is 0 Å². The molecule has 14 heavy (non-hydrogen) atoms. The van der Waals surface area contributed by atoms with E-state index in [1.807, 2.05) is 25.1 Å². The van der Waals surface area contributed by atoms with Crippen molar-refractivity contribution in [2.75, 3.05) is 0 Å². The molecule has 0 amide bonds. The van der Waals surface area contributed by atoms with Gasteiger partial charge in [0.25, 0.3) is 0 Å². The molecule has 0 saturated carbocycles. The number of benzene rings is 1. The molecule has 2 N–H and O–H groups in total. The van der Waals surface area contributed by atoms with Crippen molar-refractivity contribution >= 4 is 28.6 Å². The Balaban J connectivity index is 0.00000169. The Bertz CT molecular complexity index is 263. The van der Waals surface area contributed by atoms with Crippen LogP contribution in [0.1, 0.15) is 25.3 Å². The van der Waals surface area contributed by atoms with Gasteiger partial charge in [0.15, 0.2) is 0 Å². The lowest BCUT2D eigenvalue weighted by atomic mass is 10.1. The second-order valence-electron chi connectivity index (χ2n) is 3.46. The summed E-state index contributed by atoms with van der Waals surface area (Å²) in [5.74, 6) is 0. The summed E-state index contributed by atoms with van der Waals surface area (Å²) in [5.41, 5.74) is 6.89. The molecule has 0 aliphatic carbocycles. The van der Waals surface area contributed by atoms with Crippen molar-refractivity contribution in [1.82, 2.24) is 0 Å². The van der Waals surface area contributed by atoms with E-state index >= 15 is 0 Å². The minimum Gasteiger partial charge on any atom is -0.328 e. The third-order valence-electron chi connectivity index (χ3n) is 2.06. The van der Waals surface area contributed by atoms with Gasteiger partial charge in [-0.3, -0.25) is 0 Å². The first-order valence-electron chi connectivity index (χ1n) is 4.69. The van der Waals surface area contributed by atoms with Crippen molar-refractivity contribution in [1.29, 1.82) is 0 Å². The molecule has 3 heteroatoms. The topological polar surface area (TPSA) is 26.0 Å². The molecule has 0 aliphatic rings. The molecule has 80 valence electrons. The molecule has 0 radical (unpaired) electrons. The first kappa shape index (κ1) is 13.9. The summed E-state index contributed by atoms with van der Waals surface area (Å²) < 4.78 is 0. The van der Waals surface area contributed by atoms with Crippen molar-refractivity contribution in [3.63, 3.8) is 0 Å². The van der Waals surface area contributed by atoms with Gasteiger partial charge in [-0.1, -0.05) is 29.8 Å². The second-order valence-corrected chi connectivity index (χ2v) is 3.87. The smallest absolute Gasteiger partial charge is 0.0437 e. The maximum atomic E-state index is 6.01. The molecule has 1 unspecified atom stereocenters. The molecular formula is C11H17BrClN. The molecule has 0 saturated heterocycles. The zero-order valence-electron chi connectivity index (χ0n) is 8.37. The normalized spacial score (nSPS) is 11.9. The zero-order chi connectivity index (χ0) is 9.68. The number of rotatable bonds is 4. The molecule has 1 nitrogen and oxygen atoms in total. The van der Waals surface area contributed by atoms with Crippen molar-refractivity contribution < 1.29 is 0 Å². The van der Waals surface area contributed by atoms with Gasteiger partial charge in [0.05, 0.1) is 0 Å². The highest BCUT2D eigenvalue weighted by molar-refractivity contribution is 8.93. The molecule has 1 aromatic rings. The molecule has 0 spiro atoms. The highest BCUT2D eigenvalue weighted by Crippen LogP contribution is 2.17. The van der Waals surface area contributed by atoms with E-state index in [0.29, 0.717) is 6.04 Å². The van der Waals surface area contributed by atoms with E-state index in [1.54, 1.807) is 0 Å². The quantitative estimate of drug-likeness (QED) is 0.895. The monoisotopic (exact) mass is 277 g/mol. The Morgan fingerprint density at radius 2 is 2.00 bits per heavy atom. The van der Waals surface area contributed by atoms with Gasteiger partial charge < -0.3 is 5.73 Å². The van der Waals surface area contributed by atoms with Crippen LogP contribution in [0.2, 0.25) is 5.02 Å². The molecule has 1 aromatic carbocycles. The number of halogens is 2. The summed E-state index contributed by atoms with van der Waals surface area (Å²) in [7, 11) is 0. The highest BCUT2D eigenvalue weighted by Gasteiger charge is 1.99. The van der Waals surface area contributed by atoms with Crippen LogP contribution in [-0.4, -0.2) is 6.04 Å². The molecule has 0 aromatic heterocycles. The lowest BCUT2D eigenvalue weighted by Crippen LogP contribution is -2.14. The Morgan fingerprint density at radius 1 is 1.36 bits per heavy atom. The maximum Gasteiger partial charge on any atom is 0.0437 e. The van der Waals surface area contributed by atoms with Crippen LogP contribution in [0.15, 0.2) is 24.3 Å². The van der Waals surface area contributed by atoms with Crippen molar-refractivity contribution in [2.24, 2.45) is 5.73 Å². The highest BCUT2D eigenvalue weighted by atomic mass is 79.9. The van der Waals surface area contributed by atoms with Crippen molar-refractivity contribution in [2.45, 2.75) is 32.2 Å². The van der Waals surface area contributed by atoms with Crippen LogP contribution in [-0.2, 0) is 6.42 Å². The summed E-state index contributed by atoms with van der Waals surface area (Å²) in [6.07, 6.45) is 3.20. The van der Waals surface area contributed by atoms with Crippen LogP contribution in [0.25, 0.3) is 0 Å². The van der Waals surface area contributed by atoms with Crippen LogP contribution in [0.3, 0.4) is 0 Å². The molecular weight excluding hydrogens is 261 g/mol. The summed E-state index contributed by atoms with van der Waals surface area (Å²) in [4.78, 5) is 0. The number of aryl methyl sites for hydroxylation is 1. The fourth-order valence-corrected chi connectivity index (χ4v) is 1.55. The minimum absolute atomic E-state index is 0. The Labute approximate surface area is 101 Å². The minimum atomic E-state index is 0. The first-order valence-corrected chi connectivity index (χ1v) is 5.07. The third kappa shape index (κ3) is 4.99. The summed E-state index contributed by atoms with van der Waals surface area (Å²) in [6.45, 7) is 2.03. The van der Waals surface area contributed by atoms with Gasteiger partial charge in [0, 0.05) is 11.1 Å². The number of hydrogen-bond acceptors (Lipinski definition) is 1. The average molecular weight is 279 g/mol. The molecule has 1 rings (SSSR count). The largest absolute Gasteiger partial charge is 0.328 e. The Hall–Kier alpha value is -0.0500. The van der Waals surface area contributed by atoms with Crippen LogP contribution >= 0.6 is 28.6 Å². The Morgan fingerprint density at radius 3 is 2.57 bits per heavy atom. The fourth-order valence-electron chi connectivity index (χ4n) is 1.32. The molecule has 0 fully saturated rings. The standard InChI is InChI=1S/C11H16ClN.BrH/c1-9(13)5-4-7-10-6-2-3-8-11(10)12;/h2-3,6,8-9H,4-5,7,13H2,1H3;1H. The summed E-state index contributed by atoms with van der Waals surface area (Å²) >= 11 is 6.01. The van der Waals surface area contributed by atoms with E-state index in [-0.39, 0.29) is 17.0 Å². The van der Waals surface area contributed by atoms with E-state index in [4.69, 9.17) is 17.3 Å². The van der Waals surface area contributed by atoms with E-state index in [1.165, 1.54) is 5.56 Å². The van der Waals surface area contributed by atoms with Gasteiger partial charge in [-0.05, 0) is 37.8 Å². The first-order chi connectivity index (χ1) is 6.20. The zero-order valence-corrected chi connectivity index (χ0v) is 10.8. The lowest BCUT2D eigenvalue weighted by Gasteiger charge is -2.05. The third-order valence-corrected chi connectivity index (χ3v) is 2.43. The molecule has 0 aliphatic heterocycles. The lowest BCUT2D eigenvalue weighted by molar-refractivity contribution is 0.624. The van der Waals surface area contributed by atoms with E-state index in [9.17, 15) is 0 Å². The van der Waals surface area contributed by atoms with Crippen LogP contribution in [0.5, 0.6) is 0 Å². The predicted octanol–water partition coefficient (Wildman–Crippen LogP) is 3.59. The predicted molar refractivity (Wildman–Crippen MR) is 68.4 cm³/mol. The van der Waals surface area contributed by atoms with Gasteiger partial charge in [0.2, 0.25) is 0 Å². The van der Waals surface area contributed by atoms with Gasteiger partial charge in [-0.15, -0.1) is 17.0 Å². The SMILES string of the molecule is Br.CC(N)CCCc1ccccc1Cl. The molecule has 1 atom stereocenters. The second kappa shape index (κ2) is 7.27. The summed E-state index contributed by atoms with van der Waals surface area (Å²) in [6, 6.07) is 8.28. The van der Waals surface area contributed by atoms with E-state index in [0.717, 1.165) is 24.3 Å². The van der Waals surface area contributed by atoms with Gasteiger partial charge in [-0.2, -0.15) is 0 Å². The van der Waals surface area contributed by atoms with Gasteiger partial charge >= 0.3 is 0 Å². The van der Waals surface area contributed by atoms with E-state index < -0.39 is 0 Å². The van der Waals surface area contributed by atoms with Crippen molar-refractivity contribution in [3.8, 4) is 0 Å². The molecule has 0 bridgehead atoms. The van der Waals surface area contributed by atoms with Crippen LogP contribution < -0.4 is 5.73 Å². The Kier molecular flexibility index (Phi) is 7.24. The number of hydrogen-bond donors (Lipinski definition) is 1. The van der Waals surface area contributed by atoms with Gasteiger partial charge in [-0.25, -0.2) is 0 Å². The van der Waals surface area contributed by atoms with Crippen LogP contribution in [0.4, 0.5) is 0 Å². The summed E-state index contributed by atoms with van der Waals surface area (Å²) in [5, 5.41) is 0.868. The van der Waals surface area contributed by atoms with Crippen molar-refractivity contribution in [3.05, 3.63) is 34.9 Å². The molecule has 0 heterocycles. The average Bonchev–Trinajstić information content (AvgIpc) is 2.08. The maximum absolute atomic E-state index is 6.01. The van der Waals surface area contributed by atoms with Crippen LogP contribution in [0, 0.1) is 0 Å².